The van der Waals surface area contributed by atoms with E-state index in [4.69, 9.17) is 13.8 Å². The van der Waals surface area contributed by atoms with Gasteiger partial charge in [-0.2, -0.15) is 0 Å². The zero-order valence-electron chi connectivity index (χ0n) is 43.7. The van der Waals surface area contributed by atoms with Gasteiger partial charge in [0, 0.05) is 12.8 Å². The fraction of sp³-hybridized carbons (Fsp3) is 0.786. The Morgan fingerprint density at radius 1 is 0.530 bits per heavy atom. The first-order valence-electron chi connectivity index (χ1n) is 27.1. The van der Waals surface area contributed by atoms with Gasteiger partial charge in [0.05, 0.1) is 33.8 Å². The lowest BCUT2D eigenvalue weighted by Crippen LogP contribution is -2.47. The van der Waals surface area contributed by atoms with E-state index >= 15 is 0 Å². The van der Waals surface area contributed by atoms with Crippen molar-refractivity contribution in [2.75, 3.05) is 40.9 Å². The summed E-state index contributed by atoms with van der Waals surface area (Å²) in [7, 11) is 1.47. The number of rotatable bonds is 48. The van der Waals surface area contributed by atoms with Crippen molar-refractivity contribution in [3.05, 3.63) is 60.8 Å². The second-order valence-electron chi connectivity index (χ2n) is 19.4. The minimum absolute atomic E-state index is 0.0315. The first kappa shape index (κ1) is 63.7. The summed E-state index contributed by atoms with van der Waals surface area (Å²) in [4.78, 5) is 37.4. The Kier molecular flexibility index (Phi) is 44.8. The van der Waals surface area contributed by atoms with Gasteiger partial charge >= 0.3 is 13.8 Å². The standard InChI is InChI=1S/C56H103N2O7P/c1-7-10-13-16-19-22-25-27-28-29-30-31-34-37-40-43-46-49-56(60)65-54(47-44-41-38-35-33-26-23-20-17-14-11-8-2)53(52-64-66(61,62)63-51-50-58(4,5)6)57-55(59)48-45-42-39-36-32-24-21-18-15-12-9-3/h19,22,27-28,30-31,37,40,44,47,53-54H,7-18,20-21,23-26,29,32-36,38-39,41-43,45-46,48-52H2,1-6H3,(H-,57,59,61,62)/p+1/b22-19-,28-27-,31-30-,40-37-,47-44+. The van der Waals surface area contributed by atoms with Crippen LogP contribution in [-0.2, 0) is 27.9 Å². The molecule has 0 aromatic carbocycles. The van der Waals surface area contributed by atoms with Crippen LogP contribution in [0, 0.1) is 0 Å². The summed E-state index contributed by atoms with van der Waals surface area (Å²) in [6.45, 7) is 6.93. The summed E-state index contributed by atoms with van der Waals surface area (Å²) in [5.41, 5.74) is 0. The molecule has 10 heteroatoms. The number of ether oxygens (including phenoxy) is 1. The second-order valence-corrected chi connectivity index (χ2v) is 20.9. The molecular weight excluding hydrogens is 844 g/mol. The highest BCUT2D eigenvalue weighted by molar-refractivity contribution is 7.47. The highest BCUT2D eigenvalue weighted by Gasteiger charge is 2.30. The van der Waals surface area contributed by atoms with Crippen LogP contribution in [-0.4, -0.2) is 74.3 Å². The third kappa shape index (κ3) is 46.8. The van der Waals surface area contributed by atoms with Crippen LogP contribution in [0.5, 0.6) is 0 Å². The van der Waals surface area contributed by atoms with Crippen LogP contribution in [0.4, 0.5) is 0 Å². The van der Waals surface area contributed by atoms with Crippen LogP contribution in [0.15, 0.2) is 60.8 Å². The lowest BCUT2D eigenvalue weighted by molar-refractivity contribution is -0.870. The van der Waals surface area contributed by atoms with Crippen molar-refractivity contribution in [3.63, 3.8) is 0 Å². The molecule has 0 bridgehead atoms. The van der Waals surface area contributed by atoms with E-state index in [2.05, 4.69) is 74.7 Å². The van der Waals surface area contributed by atoms with Gasteiger partial charge in [-0.15, -0.1) is 0 Å². The number of unbranched alkanes of at least 4 members (excludes halogenated alkanes) is 24. The number of nitrogens with one attached hydrogen (secondary N) is 1. The SMILES string of the molecule is CCCCC/C=C\C/C=C\C/C=C\C/C=C\CCCC(=O)OC(/C=C/CCCCCCCCCCCC)C(COP(=O)(O)OCC[N+](C)(C)C)NC(=O)CCCCCCCCCCCCC. The number of hydrogen-bond acceptors (Lipinski definition) is 6. The molecule has 0 spiro atoms. The van der Waals surface area contributed by atoms with Gasteiger partial charge in [0.1, 0.15) is 19.3 Å². The van der Waals surface area contributed by atoms with Crippen LogP contribution < -0.4 is 5.32 Å². The highest BCUT2D eigenvalue weighted by atomic mass is 31.2. The number of carbonyl (C=O) groups excluding carboxylic acids is 2. The normalized spacial score (nSPS) is 14.3. The minimum Gasteiger partial charge on any atom is -0.456 e. The Balaban J connectivity index is 5.48. The highest BCUT2D eigenvalue weighted by Crippen LogP contribution is 2.43. The third-order valence-electron chi connectivity index (χ3n) is 11.7. The maximum absolute atomic E-state index is 13.4. The van der Waals surface area contributed by atoms with Crippen molar-refractivity contribution in [1.82, 2.24) is 5.32 Å². The van der Waals surface area contributed by atoms with E-state index in [-0.39, 0.29) is 31.5 Å². The van der Waals surface area contributed by atoms with Crippen molar-refractivity contribution in [3.8, 4) is 0 Å². The maximum Gasteiger partial charge on any atom is 0.472 e. The quantitative estimate of drug-likeness (QED) is 0.0205. The molecule has 0 rings (SSSR count). The first-order valence-corrected chi connectivity index (χ1v) is 28.6. The number of amides is 1. The minimum atomic E-state index is -4.45. The summed E-state index contributed by atoms with van der Waals surface area (Å²) in [6, 6.07) is -0.867. The van der Waals surface area contributed by atoms with Gasteiger partial charge in [0.2, 0.25) is 5.91 Å². The van der Waals surface area contributed by atoms with Crippen molar-refractivity contribution in [2.45, 2.75) is 245 Å². The van der Waals surface area contributed by atoms with Crippen LogP contribution in [0.3, 0.4) is 0 Å². The fourth-order valence-electron chi connectivity index (χ4n) is 7.46. The molecule has 3 atom stereocenters. The molecule has 9 nitrogen and oxygen atoms in total. The lowest BCUT2D eigenvalue weighted by atomic mass is 10.0. The average molecular weight is 948 g/mol. The molecule has 0 fully saturated rings. The van der Waals surface area contributed by atoms with Crippen LogP contribution in [0.25, 0.3) is 0 Å². The van der Waals surface area contributed by atoms with Crippen molar-refractivity contribution in [2.24, 2.45) is 0 Å². The Morgan fingerprint density at radius 3 is 1.44 bits per heavy atom. The van der Waals surface area contributed by atoms with Gasteiger partial charge in [-0.25, -0.2) is 4.57 Å². The third-order valence-corrected chi connectivity index (χ3v) is 12.7. The molecule has 0 aliphatic rings. The molecule has 0 aromatic heterocycles. The average Bonchev–Trinajstić information content (AvgIpc) is 3.27. The van der Waals surface area contributed by atoms with Crippen molar-refractivity contribution in [1.29, 1.82) is 0 Å². The largest absolute Gasteiger partial charge is 0.472 e. The molecule has 2 N–H and O–H groups in total. The molecule has 0 radical (unpaired) electrons. The first-order chi connectivity index (χ1) is 31.9. The topological polar surface area (TPSA) is 111 Å². The summed E-state index contributed by atoms with van der Waals surface area (Å²) in [6.07, 6.45) is 56.5. The number of hydrogen-bond donors (Lipinski definition) is 2. The number of quaternary nitrogens is 1. The van der Waals surface area contributed by atoms with E-state index in [0.717, 1.165) is 64.2 Å². The van der Waals surface area contributed by atoms with Gasteiger partial charge in [-0.1, -0.05) is 210 Å². The maximum atomic E-state index is 13.4. The van der Waals surface area contributed by atoms with Crippen LogP contribution in [0.2, 0.25) is 0 Å². The molecule has 1 amide bonds. The summed E-state index contributed by atoms with van der Waals surface area (Å²) < 4.78 is 30.5. The summed E-state index contributed by atoms with van der Waals surface area (Å²) >= 11 is 0. The monoisotopic (exact) mass is 948 g/mol. The molecule has 0 heterocycles. The lowest BCUT2D eigenvalue weighted by Gasteiger charge is -2.27. The summed E-state index contributed by atoms with van der Waals surface area (Å²) in [5.74, 6) is -0.571. The van der Waals surface area contributed by atoms with Crippen molar-refractivity contribution < 1.29 is 37.3 Å². The number of allylic oxidation sites excluding steroid dienone is 9. The second kappa shape index (κ2) is 46.4. The molecule has 384 valence electrons. The zero-order valence-corrected chi connectivity index (χ0v) is 44.6. The Labute approximate surface area is 407 Å². The van der Waals surface area contributed by atoms with Gasteiger partial charge < -0.3 is 19.4 Å². The number of likely N-dealkylation sites (N-methyl/N-ethyl adjacent to an activating group) is 1. The molecule has 0 aromatic rings. The Bertz CT molecular complexity index is 1320. The number of nitrogens with zero attached hydrogens (tertiary/aromatic N) is 1. The molecule has 0 aliphatic heterocycles. The van der Waals surface area contributed by atoms with E-state index in [1.165, 1.54) is 128 Å². The van der Waals surface area contributed by atoms with E-state index < -0.39 is 20.0 Å². The smallest absolute Gasteiger partial charge is 0.456 e. The molecule has 0 aliphatic carbocycles. The molecule has 0 saturated carbocycles. The molecule has 0 saturated heterocycles. The van der Waals surface area contributed by atoms with E-state index in [1.807, 2.05) is 33.3 Å². The van der Waals surface area contributed by atoms with Crippen LogP contribution in [0.1, 0.15) is 233 Å². The predicted molar refractivity (Wildman–Crippen MR) is 282 cm³/mol. The Hall–Kier alpha value is -2.29. The fourth-order valence-corrected chi connectivity index (χ4v) is 8.20. The number of esters is 1. The number of carbonyl (C=O) groups is 2. The molecule has 3 unspecified atom stereocenters. The zero-order chi connectivity index (χ0) is 48.7. The van der Waals surface area contributed by atoms with Crippen molar-refractivity contribution >= 4 is 19.7 Å². The number of phosphoric ester groups is 1. The molecule has 66 heavy (non-hydrogen) atoms. The van der Waals surface area contributed by atoms with E-state index in [9.17, 15) is 19.0 Å². The number of phosphoric acid groups is 1. The Morgan fingerprint density at radius 2 is 0.939 bits per heavy atom. The van der Waals surface area contributed by atoms with Gasteiger partial charge in [0.25, 0.3) is 0 Å². The van der Waals surface area contributed by atoms with Gasteiger partial charge in [0.15, 0.2) is 0 Å². The molecular formula is C56H104N2O7P+. The summed E-state index contributed by atoms with van der Waals surface area (Å²) in [5, 5.41) is 3.02. The van der Waals surface area contributed by atoms with E-state index in [1.54, 1.807) is 0 Å². The van der Waals surface area contributed by atoms with Gasteiger partial charge in [-0.05, 0) is 70.3 Å². The van der Waals surface area contributed by atoms with Crippen LogP contribution >= 0.6 is 7.82 Å². The van der Waals surface area contributed by atoms with Gasteiger partial charge in [-0.3, -0.25) is 18.6 Å². The predicted octanol–water partition coefficient (Wildman–Crippen LogP) is 15.9. The van der Waals surface area contributed by atoms with E-state index in [0.29, 0.717) is 23.9 Å².